The van der Waals surface area contributed by atoms with Crippen LogP contribution in [0.1, 0.15) is 49.2 Å². The molecule has 2 unspecified atom stereocenters. The zero-order valence-electron chi connectivity index (χ0n) is 20.7. The third-order valence-corrected chi connectivity index (χ3v) is 8.66. The first-order valence-corrected chi connectivity index (χ1v) is 14.0. The van der Waals surface area contributed by atoms with E-state index in [0.717, 1.165) is 73.8 Å². The fraction of sp³-hybridized carbons (Fsp3) is 0.464. The molecule has 0 amide bonds. The van der Waals surface area contributed by atoms with Crippen LogP contribution in [0.25, 0.3) is 0 Å². The molecule has 0 aliphatic carbocycles. The molecule has 0 bridgehead atoms. The molecule has 0 spiro atoms. The minimum absolute atomic E-state index is 0.195. The van der Waals surface area contributed by atoms with Crippen LogP contribution in [0, 0.1) is 11.7 Å². The summed E-state index contributed by atoms with van der Waals surface area (Å²) < 4.78 is 36.7. The number of para-hydroxylation sites is 1. The summed E-state index contributed by atoms with van der Waals surface area (Å²) in [6.07, 6.45) is 4.99. The SMILES string of the molecule is CC1(c2ccc(Cl)cc2F)Oc2ccccc2C(C2CCN(Cc3ncc(Br)n3C[C@@H]3CCO3)CC2)O1. The van der Waals surface area contributed by atoms with Crippen LogP contribution in [-0.4, -0.2) is 40.3 Å². The van der Waals surface area contributed by atoms with Gasteiger partial charge in [-0.3, -0.25) is 4.90 Å². The van der Waals surface area contributed by atoms with E-state index in [0.29, 0.717) is 10.6 Å². The Morgan fingerprint density at radius 1 is 1.16 bits per heavy atom. The van der Waals surface area contributed by atoms with E-state index in [9.17, 15) is 4.39 Å². The summed E-state index contributed by atoms with van der Waals surface area (Å²) in [5, 5.41) is 0.345. The first kappa shape index (κ1) is 25.3. The number of rotatable bonds is 6. The fourth-order valence-corrected chi connectivity index (χ4v) is 6.24. The van der Waals surface area contributed by atoms with Crippen molar-refractivity contribution < 1.29 is 18.6 Å². The Morgan fingerprint density at radius 3 is 2.68 bits per heavy atom. The number of hydrogen-bond acceptors (Lipinski definition) is 5. The quantitative estimate of drug-likeness (QED) is 0.330. The molecular formula is C28H30BrClFN3O3. The first-order chi connectivity index (χ1) is 17.9. The predicted octanol–water partition coefficient (Wildman–Crippen LogP) is 6.46. The van der Waals surface area contributed by atoms with Crippen molar-refractivity contribution in [2.75, 3.05) is 19.7 Å². The van der Waals surface area contributed by atoms with Crippen molar-refractivity contribution in [3.05, 3.63) is 81.1 Å². The van der Waals surface area contributed by atoms with E-state index in [2.05, 4.69) is 36.4 Å². The Labute approximate surface area is 229 Å². The molecular weight excluding hydrogens is 561 g/mol. The first-order valence-electron chi connectivity index (χ1n) is 12.8. The van der Waals surface area contributed by atoms with Gasteiger partial charge in [0.2, 0.25) is 5.79 Å². The van der Waals surface area contributed by atoms with E-state index in [-0.39, 0.29) is 18.1 Å². The van der Waals surface area contributed by atoms with E-state index in [1.54, 1.807) is 19.1 Å². The molecule has 3 aromatic rings. The predicted molar refractivity (Wildman–Crippen MR) is 142 cm³/mol. The highest BCUT2D eigenvalue weighted by Gasteiger charge is 2.44. The highest BCUT2D eigenvalue weighted by molar-refractivity contribution is 9.10. The van der Waals surface area contributed by atoms with Gasteiger partial charge in [0.25, 0.3) is 0 Å². The second kappa shape index (κ2) is 10.3. The Hall–Kier alpha value is -1.97. The molecule has 2 saturated heterocycles. The summed E-state index contributed by atoms with van der Waals surface area (Å²) in [6, 6.07) is 12.6. The van der Waals surface area contributed by atoms with Crippen LogP contribution in [-0.2, 0) is 28.4 Å². The monoisotopic (exact) mass is 589 g/mol. The molecule has 0 N–H and O–H groups in total. The maximum Gasteiger partial charge on any atom is 0.237 e. The maximum atomic E-state index is 15.0. The van der Waals surface area contributed by atoms with Gasteiger partial charge in [0, 0.05) is 24.1 Å². The molecule has 3 aliphatic rings. The summed E-state index contributed by atoms with van der Waals surface area (Å²) in [4.78, 5) is 7.11. The van der Waals surface area contributed by atoms with Crippen molar-refractivity contribution in [2.24, 2.45) is 5.92 Å². The third-order valence-electron chi connectivity index (χ3n) is 7.80. The second-order valence-electron chi connectivity index (χ2n) is 10.3. The smallest absolute Gasteiger partial charge is 0.237 e. The van der Waals surface area contributed by atoms with Gasteiger partial charge in [-0.15, -0.1) is 0 Å². The summed E-state index contributed by atoms with van der Waals surface area (Å²) in [6.45, 7) is 6.14. The number of benzene rings is 2. The van der Waals surface area contributed by atoms with Gasteiger partial charge in [-0.2, -0.15) is 0 Å². The van der Waals surface area contributed by atoms with Gasteiger partial charge in [0.1, 0.15) is 22.0 Å². The molecule has 3 aliphatic heterocycles. The summed E-state index contributed by atoms with van der Waals surface area (Å²) in [5.74, 6) is 0.399. The zero-order chi connectivity index (χ0) is 25.6. The van der Waals surface area contributed by atoms with Crippen molar-refractivity contribution in [1.82, 2.24) is 14.5 Å². The highest BCUT2D eigenvalue weighted by atomic mass is 79.9. The molecule has 6 rings (SSSR count). The molecule has 3 atom stereocenters. The second-order valence-corrected chi connectivity index (χ2v) is 11.5. The lowest BCUT2D eigenvalue weighted by Crippen LogP contribution is -2.43. The van der Waals surface area contributed by atoms with E-state index in [4.69, 9.17) is 25.8 Å². The summed E-state index contributed by atoms with van der Waals surface area (Å²) in [7, 11) is 0. The van der Waals surface area contributed by atoms with E-state index in [1.165, 1.54) is 6.07 Å². The normalized spacial score (nSPS) is 26.4. The van der Waals surface area contributed by atoms with Gasteiger partial charge in [-0.25, -0.2) is 9.37 Å². The van der Waals surface area contributed by atoms with Gasteiger partial charge < -0.3 is 18.8 Å². The van der Waals surface area contributed by atoms with Crippen LogP contribution in [0.2, 0.25) is 5.02 Å². The summed E-state index contributed by atoms with van der Waals surface area (Å²) in [5.41, 5.74) is 1.37. The molecule has 196 valence electrons. The molecule has 2 fully saturated rings. The number of piperidine rings is 1. The van der Waals surface area contributed by atoms with Crippen LogP contribution < -0.4 is 4.74 Å². The molecule has 1 aromatic heterocycles. The van der Waals surface area contributed by atoms with Crippen molar-refractivity contribution in [2.45, 2.75) is 57.3 Å². The lowest BCUT2D eigenvalue weighted by Gasteiger charge is -2.44. The number of halogens is 3. The van der Waals surface area contributed by atoms with E-state index >= 15 is 0 Å². The van der Waals surface area contributed by atoms with Gasteiger partial charge in [-0.05, 0) is 78.5 Å². The number of nitrogens with zero attached hydrogens (tertiary/aromatic N) is 3. The van der Waals surface area contributed by atoms with Gasteiger partial charge in [0.15, 0.2) is 0 Å². The lowest BCUT2D eigenvalue weighted by molar-refractivity contribution is -0.243. The topological polar surface area (TPSA) is 48.8 Å². The van der Waals surface area contributed by atoms with Gasteiger partial charge in [-0.1, -0.05) is 29.8 Å². The van der Waals surface area contributed by atoms with Gasteiger partial charge >= 0.3 is 0 Å². The Kier molecular flexibility index (Phi) is 7.05. The number of imidazole rings is 1. The van der Waals surface area contributed by atoms with Crippen LogP contribution in [0.5, 0.6) is 5.75 Å². The Balaban J connectivity index is 1.17. The molecule has 9 heteroatoms. The minimum atomic E-state index is -1.24. The molecule has 2 aromatic carbocycles. The average Bonchev–Trinajstić information content (AvgIpc) is 3.19. The van der Waals surface area contributed by atoms with Crippen LogP contribution >= 0.6 is 27.5 Å². The summed E-state index contributed by atoms with van der Waals surface area (Å²) >= 11 is 9.65. The third kappa shape index (κ3) is 5.06. The van der Waals surface area contributed by atoms with Crippen molar-refractivity contribution >= 4 is 27.5 Å². The van der Waals surface area contributed by atoms with E-state index < -0.39 is 11.6 Å². The lowest BCUT2D eigenvalue weighted by atomic mass is 9.85. The fourth-order valence-electron chi connectivity index (χ4n) is 5.63. The number of aromatic nitrogens is 2. The average molecular weight is 591 g/mol. The van der Waals surface area contributed by atoms with Crippen LogP contribution in [0.3, 0.4) is 0 Å². The van der Waals surface area contributed by atoms with Crippen molar-refractivity contribution in [1.29, 1.82) is 0 Å². The zero-order valence-corrected chi connectivity index (χ0v) is 23.0. The Bertz CT molecular complexity index is 1280. The largest absolute Gasteiger partial charge is 0.458 e. The maximum absolute atomic E-state index is 15.0. The molecule has 6 nitrogen and oxygen atoms in total. The number of hydrogen-bond donors (Lipinski definition) is 0. The molecule has 37 heavy (non-hydrogen) atoms. The van der Waals surface area contributed by atoms with Crippen LogP contribution in [0.15, 0.2) is 53.3 Å². The van der Waals surface area contributed by atoms with Gasteiger partial charge in [0.05, 0.1) is 37.1 Å². The Morgan fingerprint density at radius 2 is 1.95 bits per heavy atom. The molecule has 0 radical (unpaired) electrons. The highest BCUT2D eigenvalue weighted by Crippen LogP contribution is 2.48. The molecule has 4 heterocycles. The number of ether oxygens (including phenoxy) is 3. The standard InChI is InChI=1S/C28H30BrClFN3O3/c1-28(22-7-6-19(30)14-23(22)31)36-24-5-3-2-4-21(24)27(37-28)18-8-11-33(12-9-18)17-26-32-15-25(29)34(26)16-20-10-13-35-20/h2-7,14-15,18,20,27H,8-13,16-17H2,1H3/t20-,27?,28?/m0/s1. The number of fused-ring (bicyclic) bond motifs is 1. The van der Waals surface area contributed by atoms with Crippen molar-refractivity contribution in [3.63, 3.8) is 0 Å². The minimum Gasteiger partial charge on any atom is -0.458 e. The number of likely N-dealkylation sites (tertiary alicyclic amines) is 1. The molecule has 0 saturated carbocycles. The van der Waals surface area contributed by atoms with Crippen LogP contribution in [0.4, 0.5) is 4.39 Å². The van der Waals surface area contributed by atoms with Crippen molar-refractivity contribution in [3.8, 4) is 5.75 Å². The van der Waals surface area contributed by atoms with E-state index in [1.807, 2.05) is 24.4 Å².